The molecular weight excluding hydrogens is 218 g/mol. The third-order valence-electron chi connectivity index (χ3n) is 4.03. The van der Waals surface area contributed by atoms with Crippen LogP contribution < -0.4 is 0 Å². The molecular formula is C17H25N. The van der Waals surface area contributed by atoms with E-state index in [1.54, 1.807) is 0 Å². The second-order valence-electron chi connectivity index (χ2n) is 5.20. The van der Waals surface area contributed by atoms with Gasteiger partial charge in [-0.15, -0.1) is 0 Å². The summed E-state index contributed by atoms with van der Waals surface area (Å²) in [6.07, 6.45) is 5.19. The minimum Gasteiger partial charge on any atom is -0.293 e. The van der Waals surface area contributed by atoms with Crippen molar-refractivity contribution in [2.24, 2.45) is 0 Å². The van der Waals surface area contributed by atoms with Gasteiger partial charge >= 0.3 is 0 Å². The molecule has 3 rings (SSSR count). The maximum atomic E-state index is 4.17. The van der Waals surface area contributed by atoms with Gasteiger partial charge in [0.05, 0.1) is 0 Å². The summed E-state index contributed by atoms with van der Waals surface area (Å²) in [5, 5.41) is 0. The fourth-order valence-electron chi connectivity index (χ4n) is 3.26. The molecule has 0 aliphatic carbocycles. The van der Waals surface area contributed by atoms with Gasteiger partial charge in [0.2, 0.25) is 0 Å². The van der Waals surface area contributed by atoms with E-state index in [0.29, 0.717) is 0 Å². The molecule has 98 valence electrons. The average Bonchev–Trinajstić information content (AvgIpc) is 2.65. The lowest BCUT2D eigenvalue weighted by molar-refractivity contribution is 0.157. The number of hydrogen-bond donors (Lipinski definition) is 0. The second kappa shape index (κ2) is 6.19. The van der Waals surface area contributed by atoms with Crippen LogP contribution in [0.2, 0.25) is 0 Å². The van der Waals surface area contributed by atoms with Crippen molar-refractivity contribution in [2.45, 2.75) is 58.2 Å². The first-order chi connectivity index (χ1) is 8.83. The first-order valence-electron chi connectivity index (χ1n) is 7.29. The van der Waals surface area contributed by atoms with Crippen LogP contribution in [0.25, 0.3) is 0 Å². The summed E-state index contributed by atoms with van der Waals surface area (Å²) in [6, 6.07) is 12.4. The van der Waals surface area contributed by atoms with Gasteiger partial charge in [0.25, 0.3) is 0 Å². The molecule has 1 aromatic rings. The van der Waals surface area contributed by atoms with E-state index in [2.05, 4.69) is 41.8 Å². The third kappa shape index (κ3) is 2.84. The Labute approximate surface area is 112 Å². The molecule has 2 heterocycles. The van der Waals surface area contributed by atoms with Crippen molar-refractivity contribution in [3.05, 3.63) is 48.0 Å². The molecule has 0 saturated carbocycles. The molecule has 1 nitrogen and oxygen atoms in total. The minimum absolute atomic E-state index is 0.770. The summed E-state index contributed by atoms with van der Waals surface area (Å²) in [7, 11) is 0. The Kier molecular flexibility index (Phi) is 4.60. The van der Waals surface area contributed by atoms with Gasteiger partial charge in [0.1, 0.15) is 0 Å². The first kappa shape index (κ1) is 13.4. The number of rotatable bonds is 2. The summed E-state index contributed by atoms with van der Waals surface area (Å²) < 4.78 is 0. The molecule has 0 radical (unpaired) electrons. The van der Waals surface area contributed by atoms with Crippen LogP contribution in [-0.2, 0) is 6.54 Å². The van der Waals surface area contributed by atoms with Crippen LogP contribution in [0.1, 0.15) is 45.1 Å². The number of benzene rings is 1. The van der Waals surface area contributed by atoms with Crippen LogP contribution >= 0.6 is 0 Å². The fraction of sp³-hybridized carbons (Fsp3) is 0.529. The molecule has 2 atom stereocenters. The molecule has 18 heavy (non-hydrogen) atoms. The summed E-state index contributed by atoms with van der Waals surface area (Å²) in [5.41, 5.74) is 2.92. The molecule has 2 aliphatic rings. The van der Waals surface area contributed by atoms with Crippen LogP contribution in [0.5, 0.6) is 0 Å². The third-order valence-corrected chi connectivity index (χ3v) is 4.03. The summed E-state index contributed by atoms with van der Waals surface area (Å²) >= 11 is 0. The van der Waals surface area contributed by atoms with Gasteiger partial charge in [0, 0.05) is 18.6 Å². The summed E-state index contributed by atoms with van der Waals surface area (Å²) in [4.78, 5) is 2.70. The van der Waals surface area contributed by atoms with Crippen molar-refractivity contribution >= 4 is 0 Å². The van der Waals surface area contributed by atoms with Crippen LogP contribution in [0.3, 0.4) is 0 Å². The lowest BCUT2D eigenvalue weighted by Gasteiger charge is -2.35. The SMILES string of the molecule is C=C1CC2CCC(C1)N2Cc1ccccc1.CC. The van der Waals surface area contributed by atoms with Gasteiger partial charge in [-0.05, 0) is 31.2 Å². The van der Waals surface area contributed by atoms with Crippen molar-refractivity contribution in [1.29, 1.82) is 0 Å². The summed E-state index contributed by atoms with van der Waals surface area (Å²) in [6.45, 7) is 9.30. The molecule has 0 amide bonds. The lowest BCUT2D eigenvalue weighted by atomic mass is 9.97. The fourth-order valence-corrected chi connectivity index (χ4v) is 3.26. The van der Waals surface area contributed by atoms with Crippen molar-refractivity contribution in [2.75, 3.05) is 0 Å². The minimum atomic E-state index is 0.770. The van der Waals surface area contributed by atoms with Crippen LogP contribution in [0.4, 0.5) is 0 Å². The van der Waals surface area contributed by atoms with E-state index >= 15 is 0 Å². The highest BCUT2D eigenvalue weighted by Gasteiger charge is 2.37. The molecule has 0 aromatic heterocycles. The summed E-state index contributed by atoms with van der Waals surface area (Å²) in [5.74, 6) is 0. The number of nitrogens with zero attached hydrogens (tertiary/aromatic N) is 1. The quantitative estimate of drug-likeness (QED) is 0.696. The molecule has 2 fully saturated rings. The highest BCUT2D eigenvalue weighted by Crippen LogP contribution is 2.38. The van der Waals surface area contributed by atoms with Crippen LogP contribution in [-0.4, -0.2) is 17.0 Å². The Hall–Kier alpha value is -1.08. The van der Waals surface area contributed by atoms with Gasteiger partial charge in [-0.25, -0.2) is 0 Å². The van der Waals surface area contributed by atoms with Gasteiger partial charge in [0.15, 0.2) is 0 Å². The zero-order valence-electron chi connectivity index (χ0n) is 11.7. The number of fused-ring (bicyclic) bond motifs is 2. The number of piperidine rings is 1. The second-order valence-corrected chi connectivity index (χ2v) is 5.20. The highest BCUT2D eigenvalue weighted by atomic mass is 15.2. The van der Waals surface area contributed by atoms with Crippen molar-refractivity contribution in [3.63, 3.8) is 0 Å². The van der Waals surface area contributed by atoms with Gasteiger partial charge < -0.3 is 0 Å². The molecule has 1 heteroatoms. The van der Waals surface area contributed by atoms with Gasteiger partial charge in [-0.3, -0.25) is 4.90 Å². The zero-order valence-corrected chi connectivity index (χ0v) is 11.7. The van der Waals surface area contributed by atoms with E-state index in [0.717, 1.165) is 18.6 Å². The molecule has 0 N–H and O–H groups in total. The molecule has 2 unspecified atom stereocenters. The van der Waals surface area contributed by atoms with E-state index in [9.17, 15) is 0 Å². The highest BCUT2D eigenvalue weighted by molar-refractivity contribution is 5.17. The van der Waals surface area contributed by atoms with Crippen molar-refractivity contribution in [3.8, 4) is 0 Å². The smallest absolute Gasteiger partial charge is 0.0239 e. The number of hydrogen-bond acceptors (Lipinski definition) is 1. The molecule has 2 aliphatic heterocycles. The van der Waals surface area contributed by atoms with E-state index in [1.165, 1.54) is 36.8 Å². The standard InChI is InChI=1S/C15H19N.C2H6/c1-12-9-14-7-8-15(10-12)16(14)11-13-5-3-2-4-6-13;1-2/h2-6,14-15H,1,7-11H2;1-2H3. The van der Waals surface area contributed by atoms with Gasteiger partial charge in [-0.2, -0.15) is 0 Å². The van der Waals surface area contributed by atoms with Crippen molar-refractivity contribution < 1.29 is 0 Å². The van der Waals surface area contributed by atoms with E-state index in [-0.39, 0.29) is 0 Å². The van der Waals surface area contributed by atoms with E-state index < -0.39 is 0 Å². The Bertz CT molecular complexity index is 366. The Morgan fingerprint density at radius 1 is 1.06 bits per heavy atom. The largest absolute Gasteiger partial charge is 0.293 e. The predicted octanol–water partition coefficient (Wildman–Crippen LogP) is 4.40. The van der Waals surface area contributed by atoms with Gasteiger partial charge in [-0.1, -0.05) is 56.3 Å². The Morgan fingerprint density at radius 2 is 1.61 bits per heavy atom. The monoisotopic (exact) mass is 243 g/mol. The topological polar surface area (TPSA) is 3.24 Å². The first-order valence-corrected chi connectivity index (χ1v) is 7.29. The van der Waals surface area contributed by atoms with E-state index in [1.807, 2.05) is 13.8 Å². The average molecular weight is 243 g/mol. The predicted molar refractivity (Wildman–Crippen MR) is 78.5 cm³/mol. The molecule has 1 aromatic carbocycles. The van der Waals surface area contributed by atoms with Crippen LogP contribution in [0.15, 0.2) is 42.5 Å². The molecule has 2 bridgehead atoms. The van der Waals surface area contributed by atoms with Crippen molar-refractivity contribution in [1.82, 2.24) is 4.90 Å². The molecule has 2 saturated heterocycles. The zero-order chi connectivity index (χ0) is 13.0. The Balaban J connectivity index is 0.000000574. The lowest BCUT2D eigenvalue weighted by Crippen LogP contribution is -2.39. The van der Waals surface area contributed by atoms with Crippen LogP contribution in [0, 0.1) is 0 Å². The maximum absolute atomic E-state index is 4.17. The maximum Gasteiger partial charge on any atom is 0.0239 e. The van der Waals surface area contributed by atoms with E-state index in [4.69, 9.17) is 0 Å². The molecule has 0 spiro atoms. The Morgan fingerprint density at radius 3 is 2.17 bits per heavy atom. The normalized spacial score (nSPS) is 26.7.